The Bertz CT molecular complexity index is 1060. The predicted octanol–water partition coefficient (Wildman–Crippen LogP) is 1.89. The molecule has 0 aliphatic carbocycles. The van der Waals surface area contributed by atoms with Gasteiger partial charge < -0.3 is 5.32 Å². The third kappa shape index (κ3) is 4.18. The van der Waals surface area contributed by atoms with E-state index in [4.69, 9.17) is 0 Å². The SMILES string of the molecule is CCN(CC)S(=O)(=O)c1ccc2c(c1)nnn2CCC(=O)Nc1ccncc1. The number of carbonyl (C=O) groups excluding carboxylic acids is 1. The molecule has 0 fully saturated rings. The van der Waals surface area contributed by atoms with Gasteiger partial charge in [0.15, 0.2) is 0 Å². The highest BCUT2D eigenvalue weighted by molar-refractivity contribution is 7.89. The number of pyridine rings is 1. The van der Waals surface area contributed by atoms with Crippen LogP contribution in [0.5, 0.6) is 0 Å². The summed E-state index contributed by atoms with van der Waals surface area (Å²) in [5.41, 5.74) is 1.83. The van der Waals surface area contributed by atoms with Gasteiger partial charge in [-0.25, -0.2) is 13.1 Å². The van der Waals surface area contributed by atoms with Gasteiger partial charge in [0.1, 0.15) is 5.52 Å². The first-order valence-electron chi connectivity index (χ1n) is 8.99. The first-order valence-corrected chi connectivity index (χ1v) is 10.4. The molecule has 1 aromatic carbocycles. The number of fused-ring (bicyclic) bond motifs is 1. The summed E-state index contributed by atoms with van der Waals surface area (Å²) >= 11 is 0. The maximum atomic E-state index is 12.6. The molecule has 9 nitrogen and oxygen atoms in total. The van der Waals surface area contributed by atoms with E-state index >= 15 is 0 Å². The quantitative estimate of drug-likeness (QED) is 0.616. The molecule has 0 aliphatic heterocycles. The Morgan fingerprint density at radius 1 is 1.14 bits per heavy atom. The highest BCUT2D eigenvalue weighted by atomic mass is 32.2. The Morgan fingerprint density at radius 2 is 1.86 bits per heavy atom. The molecule has 0 saturated carbocycles. The monoisotopic (exact) mass is 402 g/mol. The lowest BCUT2D eigenvalue weighted by Crippen LogP contribution is -2.30. The van der Waals surface area contributed by atoms with Crippen LogP contribution in [0.4, 0.5) is 5.69 Å². The van der Waals surface area contributed by atoms with E-state index in [2.05, 4.69) is 20.6 Å². The minimum Gasteiger partial charge on any atom is -0.326 e. The minimum atomic E-state index is -3.56. The first kappa shape index (κ1) is 19.9. The van der Waals surface area contributed by atoms with Crippen molar-refractivity contribution in [3.63, 3.8) is 0 Å². The van der Waals surface area contributed by atoms with Crippen molar-refractivity contribution in [3.05, 3.63) is 42.7 Å². The van der Waals surface area contributed by atoms with Crippen LogP contribution in [0.1, 0.15) is 20.3 Å². The molecule has 0 aliphatic rings. The van der Waals surface area contributed by atoms with Gasteiger partial charge in [-0.05, 0) is 30.3 Å². The fraction of sp³-hybridized carbons (Fsp3) is 0.333. The summed E-state index contributed by atoms with van der Waals surface area (Å²) in [5, 5.41) is 10.9. The predicted molar refractivity (Wildman–Crippen MR) is 105 cm³/mol. The van der Waals surface area contributed by atoms with Crippen LogP contribution in [0, 0.1) is 0 Å². The Morgan fingerprint density at radius 3 is 2.54 bits per heavy atom. The summed E-state index contributed by atoms with van der Waals surface area (Å²) in [5.74, 6) is -0.157. The number of aromatic nitrogens is 4. The van der Waals surface area contributed by atoms with Crippen LogP contribution in [-0.4, -0.2) is 51.7 Å². The van der Waals surface area contributed by atoms with Gasteiger partial charge >= 0.3 is 0 Å². The van der Waals surface area contributed by atoms with Crippen molar-refractivity contribution in [2.45, 2.75) is 31.7 Å². The number of rotatable bonds is 8. The number of sulfonamides is 1. The lowest BCUT2D eigenvalue weighted by atomic mass is 10.3. The topological polar surface area (TPSA) is 110 Å². The van der Waals surface area contributed by atoms with Crippen molar-refractivity contribution in [2.24, 2.45) is 0 Å². The van der Waals surface area contributed by atoms with Gasteiger partial charge in [-0.3, -0.25) is 9.78 Å². The molecule has 0 spiro atoms. The number of nitrogens with one attached hydrogen (secondary N) is 1. The van der Waals surface area contributed by atoms with Gasteiger partial charge in [0, 0.05) is 37.6 Å². The maximum Gasteiger partial charge on any atom is 0.243 e. The van der Waals surface area contributed by atoms with Crippen molar-refractivity contribution in [2.75, 3.05) is 18.4 Å². The Kier molecular flexibility index (Phi) is 6.00. The highest BCUT2D eigenvalue weighted by Crippen LogP contribution is 2.20. The molecule has 1 amide bonds. The number of aryl methyl sites for hydroxylation is 1. The molecule has 0 saturated heterocycles. The molecule has 28 heavy (non-hydrogen) atoms. The molecule has 10 heteroatoms. The van der Waals surface area contributed by atoms with E-state index in [9.17, 15) is 13.2 Å². The Balaban J connectivity index is 1.73. The summed E-state index contributed by atoms with van der Waals surface area (Å²) in [6, 6.07) is 8.16. The summed E-state index contributed by atoms with van der Waals surface area (Å²) in [4.78, 5) is 16.2. The molecular formula is C18H22N6O3S. The van der Waals surface area contributed by atoms with E-state index < -0.39 is 10.0 Å². The van der Waals surface area contributed by atoms with Crippen LogP contribution in [-0.2, 0) is 21.4 Å². The lowest BCUT2D eigenvalue weighted by molar-refractivity contribution is -0.116. The van der Waals surface area contributed by atoms with Crippen LogP contribution in [0.3, 0.4) is 0 Å². The number of carbonyl (C=O) groups is 1. The third-order valence-electron chi connectivity index (χ3n) is 4.34. The van der Waals surface area contributed by atoms with Crippen LogP contribution < -0.4 is 5.32 Å². The van der Waals surface area contributed by atoms with Gasteiger partial charge in [0.2, 0.25) is 15.9 Å². The van der Waals surface area contributed by atoms with E-state index in [-0.39, 0.29) is 17.2 Å². The van der Waals surface area contributed by atoms with Crippen molar-refractivity contribution in [1.29, 1.82) is 0 Å². The van der Waals surface area contributed by atoms with E-state index in [1.807, 2.05) is 0 Å². The Labute approximate surface area is 163 Å². The number of anilines is 1. The molecule has 3 aromatic rings. The second-order valence-corrected chi connectivity index (χ2v) is 8.02. The maximum absolute atomic E-state index is 12.6. The van der Waals surface area contributed by atoms with Gasteiger partial charge in [0.25, 0.3) is 0 Å². The zero-order valence-corrected chi connectivity index (χ0v) is 16.6. The normalized spacial score (nSPS) is 11.8. The summed E-state index contributed by atoms with van der Waals surface area (Å²) < 4.78 is 28.3. The van der Waals surface area contributed by atoms with E-state index in [0.717, 1.165) is 0 Å². The average molecular weight is 402 g/mol. The van der Waals surface area contributed by atoms with E-state index in [1.54, 1.807) is 55.2 Å². The highest BCUT2D eigenvalue weighted by Gasteiger charge is 2.22. The molecule has 148 valence electrons. The van der Waals surface area contributed by atoms with Crippen LogP contribution in [0.15, 0.2) is 47.6 Å². The number of nitrogens with zero attached hydrogens (tertiary/aromatic N) is 5. The molecule has 0 unspecified atom stereocenters. The molecule has 0 atom stereocenters. The third-order valence-corrected chi connectivity index (χ3v) is 6.39. The van der Waals surface area contributed by atoms with Gasteiger partial charge in [-0.15, -0.1) is 5.10 Å². The van der Waals surface area contributed by atoms with Crippen LogP contribution >= 0.6 is 0 Å². The van der Waals surface area contributed by atoms with Crippen molar-refractivity contribution < 1.29 is 13.2 Å². The Hall–Kier alpha value is -2.85. The fourth-order valence-electron chi connectivity index (χ4n) is 2.86. The number of hydrogen-bond donors (Lipinski definition) is 1. The average Bonchev–Trinajstić information content (AvgIpc) is 3.10. The van der Waals surface area contributed by atoms with Gasteiger partial charge in [-0.1, -0.05) is 19.1 Å². The van der Waals surface area contributed by atoms with Gasteiger partial charge in [-0.2, -0.15) is 4.31 Å². The summed E-state index contributed by atoms with van der Waals surface area (Å²) in [6.07, 6.45) is 3.41. The van der Waals surface area contributed by atoms with Crippen molar-refractivity contribution in [1.82, 2.24) is 24.3 Å². The smallest absolute Gasteiger partial charge is 0.243 e. The molecule has 2 heterocycles. The fourth-order valence-corrected chi connectivity index (χ4v) is 4.33. The van der Waals surface area contributed by atoms with E-state index in [1.165, 1.54) is 10.4 Å². The number of amides is 1. The second-order valence-electron chi connectivity index (χ2n) is 6.09. The zero-order chi connectivity index (χ0) is 20.1. The molecule has 2 aromatic heterocycles. The van der Waals surface area contributed by atoms with Crippen LogP contribution in [0.2, 0.25) is 0 Å². The number of hydrogen-bond acceptors (Lipinski definition) is 6. The van der Waals surface area contributed by atoms with Gasteiger partial charge in [0.05, 0.1) is 17.0 Å². The summed E-state index contributed by atoms with van der Waals surface area (Å²) in [6.45, 7) is 4.72. The van der Waals surface area contributed by atoms with E-state index in [0.29, 0.717) is 36.4 Å². The van der Waals surface area contributed by atoms with Crippen molar-refractivity contribution in [3.8, 4) is 0 Å². The lowest BCUT2D eigenvalue weighted by Gasteiger charge is -2.18. The molecule has 3 rings (SSSR count). The first-order chi connectivity index (χ1) is 13.5. The molecular weight excluding hydrogens is 380 g/mol. The largest absolute Gasteiger partial charge is 0.326 e. The summed E-state index contributed by atoms with van der Waals surface area (Å²) in [7, 11) is -3.56. The zero-order valence-electron chi connectivity index (χ0n) is 15.7. The van der Waals surface area contributed by atoms with Crippen LogP contribution in [0.25, 0.3) is 11.0 Å². The molecule has 0 bridgehead atoms. The standard InChI is InChI=1S/C18H22N6O3S/c1-3-23(4-2)28(26,27)15-5-6-17-16(13-15)21-22-24(17)12-9-18(25)20-14-7-10-19-11-8-14/h5-8,10-11,13H,3-4,9,12H2,1-2H3,(H,19,20,25). The molecule has 1 N–H and O–H groups in total. The number of benzene rings is 1. The second kappa shape index (κ2) is 8.44. The van der Waals surface area contributed by atoms with Crippen molar-refractivity contribution >= 4 is 32.7 Å². The molecule has 0 radical (unpaired) electrons. The minimum absolute atomic E-state index is 0.157.